The molecule has 1 aromatic heterocycles. The van der Waals surface area contributed by atoms with E-state index in [2.05, 4.69) is 20.8 Å². The molecule has 178 valence electrons. The molecular formula is C23H31IN6O3. The van der Waals surface area contributed by atoms with Crippen molar-refractivity contribution in [3.05, 3.63) is 59.7 Å². The second kappa shape index (κ2) is 12.9. The minimum absolute atomic E-state index is 0. The van der Waals surface area contributed by atoms with E-state index in [0.29, 0.717) is 37.2 Å². The van der Waals surface area contributed by atoms with Crippen molar-refractivity contribution in [1.29, 1.82) is 0 Å². The van der Waals surface area contributed by atoms with Gasteiger partial charge in [-0.3, -0.25) is 0 Å². The van der Waals surface area contributed by atoms with Crippen molar-refractivity contribution in [2.24, 2.45) is 12.0 Å². The van der Waals surface area contributed by atoms with Crippen LogP contribution in [0.15, 0.2) is 47.5 Å². The summed E-state index contributed by atoms with van der Waals surface area (Å²) in [6.07, 6.45) is 0. The summed E-state index contributed by atoms with van der Waals surface area (Å²) in [5.41, 5.74) is 1.88. The third kappa shape index (κ3) is 7.24. The van der Waals surface area contributed by atoms with E-state index in [1.165, 1.54) is 0 Å². The molecule has 3 rings (SSSR count). The first-order chi connectivity index (χ1) is 15.5. The molecule has 0 saturated carbocycles. The number of aliphatic imine (C=N–C) groups is 1. The predicted molar refractivity (Wildman–Crippen MR) is 140 cm³/mol. The van der Waals surface area contributed by atoms with Gasteiger partial charge in [-0.05, 0) is 43.7 Å². The highest BCUT2D eigenvalue weighted by Crippen LogP contribution is 2.30. The number of guanidine groups is 1. The molecule has 0 fully saturated rings. The van der Waals surface area contributed by atoms with E-state index >= 15 is 0 Å². The highest BCUT2D eigenvalue weighted by atomic mass is 127. The van der Waals surface area contributed by atoms with Crippen molar-refractivity contribution in [3.8, 4) is 17.2 Å². The average Bonchev–Trinajstić information content (AvgIpc) is 3.14. The molecule has 0 unspecified atom stereocenters. The van der Waals surface area contributed by atoms with E-state index in [0.717, 1.165) is 28.6 Å². The SMILES string of the molecule is CCOc1ccc(NC(=NCc2ccc(OC)cc2)NCc2nnc(C)n2C)cc1OC.I. The minimum Gasteiger partial charge on any atom is -0.497 e. The van der Waals surface area contributed by atoms with Crippen molar-refractivity contribution in [2.75, 3.05) is 26.1 Å². The van der Waals surface area contributed by atoms with Crippen LogP contribution < -0.4 is 24.8 Å². The number of ether oxygens (including phenoxy) is 3. The summed E-state index contributed by atoms with van der Waals surface area (Å²) in [6.45, 7) is 5.38. The highest BCUT2D eigenvalue weighted by Gasteiger charge is 2.09. The fourth-order valence-corrected chi connectivity index (χ4v) is 2.97. The normalized spacial score (nSPS) is 10.9. The number of aromatic nitrogens is 3. The Labute approximate surface area is 211 Å². The van der Waals surface area contributed by atoms with Crippen LogP contribution >= 0.6 is 24.0 Å². The second-order valence-corrected chi connectivity index (χ2v) is 7.01. The Morgan fingerprint density at radius 2 is 1.79 bits per heavy atom. The lowest BCUT2D eigenvalue weighted by molar-refractivity contribution is 0.311. The summed E-state index contributed by atoms with van der Waals surface area (Å²) in [6, 6.07) is 13.5. The van der Waals surface area contributed by atoms with Gasteiger partial charge in [0.1, 0.15) is 11.6 Å². The number of anilines is 1. The summed E-state index contributed by atoms with van der Waals surface area (Å²) < 4.78 is 18.2. The van der Waals surface area contributed by atoms with Gasteiger partial charge >= 0.3 is 0 Å². The van der Waals surface area contributed by atoms with Gasteiger partial charge in [0.2, 0.25) is 0 Å². The summed E-state index contributed by atoms with van der Waals surface area (Å²) in [4.78, 5) is 4.73. The van der Waals surface area contributed by atoms with E-state index in [4.69, 9.17) is 19.2 Å². The molecule has 0 bridgehead atoms. The number of hydrogen-bond acceptors (Lipinski definition) is 6. The standard InChI is InChI=1S/C23H30N6O3.HI/c1-6-32-20-12-9-18(13-21(20)31-5)26-23(25-15-22-28-27-16(2)29(22)3)24-14-17-7-10-19(30-4)11-8-17;/h7-13H,6,14-15H2,1-5H3,(H2,24,25,26);1H. The molecule has 9 nitrogen and oxygen atoms in total. The van der Waals surface area contributed by atoms with Crippen LogP contribution in [0.3, 0.4) is 0 Å². The summed E-state index contributed by atoms with van der Waals surface area (Å²) in [5, 5.41) is 15.0. The van der Waals surface area contributed by atoms with Crippen LogP contribution in [0.4, 0.5) is 5.69 Å². The Kier molecular flexibility index (Phi) is 10.2. The topological polar surface area (TPSA) is 94.8 Å². The first-order valence-electron chi connectivity index (χ1n) is 10.4. The first kappa shape index (κ1) is 26.2. The van der Waals surface area contributed by atoms with Crippen molar-refractivity contribution >= 4 is 35.6 Å². The third-order valence-corrected chi connectivity index (χ3v) is 4.90. The minimum atomic E-state index is 0. The number of rotatable bonds is 9. The van der Waals surface area contributed by atoms with Crippen molar-refractivity contribution in [1.82, 2.24) is 20.1 Å². The molecule has 0 spiro atoms. The molecular weight excluding hydrogens is 535 g/mol. The number of aryl methyl sites for hydroxylation is 1. The summed E-state index contributed by atoms with van der Waals surface area (Å²) in [7, 11) is 5.21. The number of nitrogens with zero attached hydrogens (tertiary/aromatic N) is 4. The Morgan fingerprint density at radius 3 is 2.39 bits per heavy atom. The molecule has 2 N–H and O–H groups in total. The first-order valence-corrected chi connectivity index (χ1v) is 10.4. The van der Waals surface area contributed by atoms with Gasteiger partial charge in [0.15, 0.2) is 23.3 Å². The zero-order valence-electron chi connectivity index (χ0n) is 19.6. The second-order valence-electron chi connectivity index (χ2n) is 7.01. The Bertz CT molecular complexity index is 1050. The van der Waals surface area contributed by atoms with Gasteiger partial charge in [-0.15, -0.1) is 34.2 Å². The van der Waals surface area contributed by atoms with Crippen LogP contribution in [0.2, 0.25) is 0 Å². The number of hydrogen-bond donors (Lipinski definition) is 2. The van der Waals surface area contributed by atoms with Crippen LogP contribution in [0, 0.1) is 6.92 Å². The number of nitrogens with one attached hydrogen (secondary N) is 2. The number of halogens is 1. The molecule has 0 amide bonds. The quantitative estimate of drug-likeness (QED) is 0.231. The highest BCUT2D eigenvalue weighted by molar-refractivity contribution is 14.0. The largest absolute Gasteiger partial charge is 0.497 e. The van der Waals surface area contributed by atoms with Gasteiger partial charge in [-0.1, -0.05) is 12.1 Å². The molecule has 0 aliphatic rings. The van der Waals surface area contributed by atoms with Crippen LogP contribution in [0.1, 0.15) is 24.1 Å². The van der Waals surface area contributed by atoms with Gasteiger partial charge in [0, 0.05) is 18.8 Å². The van der Waals surface area contributed by atoms with Crippen molar-refractivity contribution < 1.29 is 14.2 Å². The Hall–Kier alpha value is -3.02. The number of methoxy groups -OCH3 is 2. The Balaban J connectivity index is 0.00000385. The molecule has 0 aliphatic carbocycles. The fourth-order valence-electron chi connectivity index (χ4n) is 2.97. The van der Waals surface area contributed by atoms with E-state index in [1.807, 2.05) is 67.9 Å². The lowest BCUT2D eigenvalue weighted by Crippen LogP contribution is -2.31. The van der Waals surface area contributed by atoms with E-state index < -0.39 is 0 Å². The third-order valence-electron chi connectivity index (χ3n) is 4.90. The fraction of sp³-hybridized carbons (Fsp3) is 0.348. The molecule has 2 aromatic carbocycles. The molecule has 3 aromatic rings. The maximum absolute atomic E-state index is 5.61. The monoisotopic (exact) mass is 566 g/mol. The zero-order valence-corrected chi connectivity index (χ0v) is 21.9. The molecule has 0 atom stereocenters. The number of benzene rings is 2. The molecule has 10 heteroatoms. The summed E-state index contributed by atoms with van der Waals surface area (Å²) >= 11 is 0. The molecule has 0 aliphatic heterocycles. The lowest BCUT2D eigenvalue weighted by atomic mass is 10.2. The lowest BCUT2D eigenvalue weighted by Gasteiger charge is -2.15. The average molecular weight is 566 g/mol. The van der Waals surface area contributed by atoms with Gasteiger partial charge < -0.3 is 29.4 Å². The van der Waals surface area contributed by atoms with E-state index in [1.54, 1.807) is 14.2 Å². The predicted octanol–water partition coefficient (Wildman–Crippen LogP) is 3.92. The molecule has 0 saturated heterocycles. The molecule has 0 radical (unpaired) electrons. The Morgan fingerprint density at radius 1 is 1.03 bits per heavy atom. The molecule has 33 heavy (non-hydrogen) atoms. The maximum Gasteiger partial charge on any atom is 0.196 e. The molecule has 1 heterocycles. The summed E-state index contributed by atoms with van der Waals surface area (Å²) in [5.74, 6) is 4.42. The van der Waals surface area contributed by atoms with Gasteiger partial charge in [-0.25, -0.2) is 4.99 Å². The van der Waals surface area contributed by atoms with Crippen molar-refractivity contribution in [3.63, 3.8) is 0 Å². The zero-order chi connectivity index (χ0) is 22.9. The van der Waals surface area contributed by atoms with Gasteiger partial charge in [-0.2, -0.15) is 0 Å². The van der Waals surface area contributed by atoms with Crippen LogP contribution in [-0.4, -0.2) is 41.6 Å². The van der Waals surface area contributed by atoms with Crippen LogP contribution in [0.5, 0.6) is 17.2 Å². The van der Waals surface area contributed by atoms with Crippen molar-refractivity contribution in [2.45, 2.75) is 26.9 Å². The van der Waals surface area contributed by atoms with Gasteiger partial charge in [0.05, 0.1) is 33.9 Å². The van der Waals surface area contributed by atoms with E-state index in [-0.39, 0.29) is 24.0 Å². The van der Waals surface area contributed by atoms with Crippen LogP contribution in [0.25, 0.3) is 0 Å². The van der Waals surface area contributed by atoms with Gasteiger partial charge in [0.25, 0.3) is 0 Å². The smallest absolute Gasteiger partial charge is 0.196 e. The maximum atomic E-state index is 5.61. The van der Waals surface area contributed by atoms with Crippen LogP contribution in [-0.2, 0) is 20.1 Å². The van der Waals surface area contributed by atoms with E-state index in [9.17, 15) is 0 Å².